The molecular formula is C7H6NO5-. The third kappa shape index (κ3) is 5.19. The van der Waals surface area contributed by atoms with Gasteiger partial charge in [-0.2, -0.15) is 0 Å². The number of carbonyl (C=O) groups is 3. The fourth-order valence-corrected chi connectivity index (χ4v) is 0.426. The van der Waals surface area contributed by atoms with Crippen LogP contribution in [0.25, 0.3) is 0 Å². The van der Waals surface area contributed by atoms with E-state index in [1.54, 1.807) is 0 Å². The molecule has 0 aliphatic rings. The van der Waals surface area contributed by atoms with Crippen LogP contribution in [-0.2, 0) is 14.4 Å². The van der Waals surface area contributed by atoms with Gasteiger partial charge in [0.05, 0.1) is 0 Å². The summed E-state index contributed by atoms with van der Waals surface area (Å²) in [4.78, 5) is 30.2. The average Bonchev–Trinajstić information content (AvgIpc) is 2.00. The molecule has 3 N–H and O–H groups in total. The summed E-state index contributed by atoms with van der Waals surface area (Å²) in [5.41, 5.74) is 4.79. The predicted molar refractivity (Wildman–Crippen MR) is 39.1 cm³/mol. The topological polar surface area (TPSA) is 121 Å². The van der Waals surface area contributed by atoms with Gasteiger partial charge in [0, 0.05) is 17.8 Å². The van der Waals surface area contributed by atoms with Crippen LogP contribution in [-0.4, -0.2) is 22.8 Å². The second kappa shape index (κ2) is 4.70. The maximum atomic E-state index is 10.4. The minimum absolute atomic E-state index is 0.267. The molecule has 0 fully saturated rings. The lowest BCUT2D eigenvalue weighted by molar-refractivity contribution is -0.299. The van der Waals surface area contributed by atoms with Crippen molar-refractivity contribution in [1.29, 1.82) is 0 Å². The third-order valence-corrected chi connectivity index (χ3v) is 0.917. The van der Waals surface area contributed by atoms with Crippen molar-refractivity contribution in [2.24, 2.45) is 5.73 Å². The molecule has 70 valence electrons. The van der Waals surface area contributed by atoms with Crippen LogP contribution in [0.4, 0.5) is 0 Å². The molecule has 0 heterocycles. The Hall–Kier alpha value is -2.11. The highest BCUT2D eigenvalue weighted by molar-refractivity contribution is 6.36. The second-order valence-electron chi connectivity index (χ2n) is 1.97. The van der Waals surface area contributed by atoms with E-state index in [4.69, 9.17) is 10.8 Å². The van der Waals surface area contributed by atoms with Crippen molar-refractivity contribution in [3.8, 4) is 0 Å². The first-order valence-electron chi connectivity index (χ1n) is 3.07. The van der Waals surface area contributed by atoms with E-state index in [0.717, 1.165) is 6.08 Å². The molecule has 0 aliphatic heterocycles. The van der Waals surface area contributed by atoms with Gasteiger partial charge in [0.25, 0.3) is 0 Å². The number of allylic oxidation sites excluding steroid dienone is 1. The Balaban J connectivity index is 4.42. The first-order chi connectivity index (χ1) is 5.93. The highest BCUT2D eigenvalue weighted by Gasteiger charge is 1.97. The van der Waals surface area contributed by atoms with E-state index in [1.165, 1.54) is 0 Å². The van der Waals surface area contributed by atoms with Gasteiger partial charge in [0.15, 0.2) is 0 Å². The first kappa shape index (κ1) is 10.9. The second-order valence-corrected chi connectivity index (χ2v) is 1.97. The van der Waals surface area contributed by atoms with Gasteiger partial charge in [0.2, 0.25) is 5.78 Å². The molecule has 0 atom stereocenters. The van der Waals surface area contributed by atoms with Gasteiger partial charge in [-0.05, 0) is 6.08 Å². The number of ketones is 1. The molecule has 0 aromatic heterocycles. The number of aliphatic carboxylic acids is 2. The lowest BCUT2D eigenvalue weighted by Crippen LogP contribution is -2.30. The normalized spacial score (nSPS) is 11.5. The average molecular weight is 184 g/mol. The van der Waals surface area contributed by atoms with Crippen LogP contribution in [0.15, 0.2) is 23.9 Å². The fraction of sp³-hybridized carbons (Fsp3) is 0. The molecule has 13 heavy (non-hydrogen) atoms. The summed E-state index contributed by atoms with van der Waals surface area (Å²) in [6, 6.07) is 0. The molecule has 0 saturated heterocycles. The van der Waals surface area contributed by atoms with E-state index in [2.05, 4.69) is 0 Å². The van der Waals surface area contributed by atoms with E-state index in [9.17, 15) is 19.5 Å². The highest BCUT2D eigenvalue weighted by atomic mass is 16.4. The molecule has 0 unspecified atom stereocenters. The van der Waals surface area contributed by atoms with Crippen molar-refractivity contribution in [3.05, 3.63) is 23.9 Å². The van der Waals surface area contributed by atoms with Crippen molar-refractivity contribution in [2.75, 3.05) is 0 Å². The van der Waals surface area contributed by atoms with Crippen LogP contribution in [0.2, 0.25) is 0 Å². The van der Waals surface area contributed by atoms with E-state index in [1.807, 2.05) is 0 Å². The summed E-state index contributed by atoms with van der Waals surface area (Å²) in [6.45, 7) is 0. The van der Waals surface area contributed by atoms with Gasteiger partial charge in [-0.3, -0.25) is 4.79 Å². The maximum Gasteiger partial charge on any atom is 0.328 e. The summed E-state index contributed by atoms with van der Waals surface area (Å²) in [5.74, 6) is -4.46. The van der Waals surface area contributed by atoms with E-state index < -0.39 is 17.7 Å². The number of hydrogen-bond acceptors (Lipinski definition) is 5. The largest absolute Gasteiger partial charge is 0.541 e. The molecule has 0 bridgehead atoms. The number of rotatable bonds is 4. The Bertz CT molecular complexity index is 302. The fourth-order valence-electron chi connectivity index (χ4n) is 0.426. The number of carboxylic acid groups (broad SMARTS) is 2. The summed E-state index contributed by atoms with van der Waals surface area (Å²) in [6.07, 6.45) is 2.13. The van der Waals surface area contributed by atoms with Crippen molar-refractivity contribution in [1.82, 2.24) is 0 Å². The van der Waals surface area contributed by atoms with Gasteiger partial charge in [-0.15, -0.1) is 0 Å². The monoisotopic (exact) mass is 184 g/mol. The molecule has 0 aliphatic carbocycles. The van der Waals surface area contributed by atoms with Crippen molar-refractivity contribution >= 4 is 17.7 Å². The van der Waals surface area contributed by atoms with Crippen LogP contribution in [0.3, 0.4) is 0 Å². The smallest absolute Gasteiger partial charge is 0.328 e. The zero-order valence-corrected chi connectivity index (χ0v) is 6.39. The highest BCUT2D eigenvalue weighted by Crippen LogP contribution is 1.87. The van der Waals surface area contributed by atoms with Gasteiger partial charge >= 0.3 is 5.97 Å². The Morgan fingerprint density at radius 3 is 2.15 bits per heavy atom. The van der Waals surface area contributed by atoms with Crippen LogP contribution in [0.5, 0.6) is 0 Å². The lowest BCUT2D eigenvalue weighted by atomic mass is 10.3. The van der Waals surface area contributed by atoms with Gasteiger partial charge in [-0.1, -0.05) is 0 Å². The minimum Gasteiger partial charge on any atom is -0.541 e. The lowest BCUT2D eigenvalue weighted by Gasteiger charge is -1.94. The zero-order chi connectivity index (χ0) is 10.4. The van der Waals surface area contributed by atoms with Crippen molar-refractivity contribution < 1.29 is 24.6 Å². The van der Waals surface area contributed by atoms with Crippen LogP contribution < -0.4 is 10.8 Å². The van der Waals surface area contributed by atoms with E-state index in [0.29, 0.717) is 12.2 Å². The molecular weight excluding hydrogens is 178 g/mol. The predicted octanol–water partition coefficient (Wildman–Crippen LogP) is -2.21. The van der Waals surface area contributed by atoms with Gasteiger partial charge in [-0.25, -0.2) is 4.79 Å². The number of nitrogens with two attached hydrogens (primary N) is 1. The van der Waals surface area contributed by atoms with Crippen molar-refractivity contribution in [2.45, 2.75) is 0 Å². The van der Waals surface area contributed by atoms with Crippen molar-refractivity contribution in [3.63, 3.8) is 0 Å². The summed E-state index contributed by atoms with van der Waals surface area (Å²) < 4.78 is 0. The van der Waals surface area contributed by atoms with Crippen LogP contribution in [0, 0.1) is 0 Å². The molecule has 0 spiro atoms. The number of carbonyl (C=O) groups excluding carboxylic acids is 2. The summed E-state index contributed by atoms with van der Waals surface area (Å²) in [5, 5.41) is 18.0. The van der Waals surface area contributed by atoms with E-state index >= 15 is 0 Å². The first-order valence-corrected chi connectivity index (χ1v) is 3.07. The molecule has 6 heteroatoms. The van der Waals surface area contributed by atoms with Gasteiger partial charge < -0.3 is 20.7 Å². The Morgan fingerprint density at radius 2 is 1.77 bits per heavy atom. The van der Waals surface area contributed by atoms with Gasteiger partial charge in [0.1, 0.15) is 5.97 Å². The molecule has 0 saturated carbocycles. The quantitative estimate of drug-likeness (QED) is 0.290. The molecule has 6 nitrogen and oxygen atoms in total. The molecule has 0 aromatic rings. The van der Waals surface area contributed by atoms with Crippen LogP contribution >= 0.6 is 0 Å². The molecule has 0 rings (SSSR count). The number of hydrogen-bond donors (Lipinski definition) is 2. The maximum absolute atomic E-state index is 10.4. The van der Waals surface area contributed by atoms with Crippen LogP contribution in [0.1, 0.15) is 0 Å². The molecule has 0 aromatic carbocycles. The molecule has 0 amide bonds. The minimum atomic E-state index is -1.90. The SMILES string of the molecule is NC(=C\C(=O)C(=O)[O-])/C=C/C(=O)O. The Kier molecular flexibility index (Phi) is 3.94. The zero-order valence-electron chi connectivity index (χ0n) is 6.39. The number of carboxylic acids is 2. The molecule has 0 radical (unpaired) electrons. The summed E-state index contributed by atoms with van der Waals surface area (Å²) >= 11 is 0. The third-order valence-electron chi connectivity index (χ3n) is 0.917. The Morgan fingerprint density at radius 1 is 1.23 bits per heavy atom. The van der Waals surface area contributed by atoms with E-state index in [-0.39, 0.29) is 5.70 Å². The Labute approximate surface area is 73.0 Å². The summed E-state index contributed by atoms with van der Waals surface area (Å²) in [7, 11) is 0. The standard InChI is InChI=1S/C7H7NO5/c8-4(1-2-6(10)11)3-5(9)7(12)13/h1-3H,8H2,(H,10,11)(H,12,13)/p-1/b2-1+,4-3-.